The molecule has 1 aromatic heterocycles. The predicted octanol–water partition coefficient (Wildman–Crippen LogP) is 1.40. The van der Waals surface area contributed by atoms with Gasteiger partial charge in [-0.25, -0.2) is 4.79 Å². The number of fused-ring (bicyclic) bond motifs is 1. The number of amides is 1. The third-order valence-corrected chi connectivity index (χ3v) is 3.07. The van der Waals surface area contributed by atoms with E-state index in [2.05, 4.69) is 15.5 Å². The van der Waals surface area contributed by atoms with Gasteiger partial charge in [-0.05, 0) is 12.1 Å². The van der Waals surface area contributed by atoms with Gasteiger partial charge in [0.2, 0.25) is 6.10 Å². The fourth-order valence-corrected chi connectivity index (χ4v) is 2.01. The normalized spacial score (nSPS) is 17.1. The zero-order valence-corrected chi connectivity index (χ0v) is 10.8. The van der Waals surface area contributed by atoms with Crippen molar-refractivity contribution in [3.63, 3.8) is 0 Å². The summed E-state index contributed by atoms with van der Waals surface area (Å²) in [6.07, 6.45) is 0.554. The van der Waals surface area contributed by atoms with Crippen LogP contribution in [-0.4, -0.2) is 33.8 Å². The quantitative estimate of drug-likeness (QED) is 0.887. The van der Waals surface area contributed by atoms with Crippen LogP contribution < -0.4 is 5.32 Å². The first-order chi connectivity index (χ1) is 10.1. The molecule has 0 fully saturated rings. The first kappa shape index (κ1) is 13.0. The lowest BCUT2D eigenvalue weighted by atomic mass is 10.1. The van der Waals surface area contributed by atoms with E-state index in [4.69, 9.17) is 9.94 Å². The second kappa shape index (κ2) is 5.20. The van der Waals surface area contributed by atoms with Crippen LogP contribution in [0.1, 0.15) is 6.42 Å². The molecule has 1 aliphatic heterocycles. The molecule has 7 nitrogen and oxygen atoms in total. The van der Waals surface area contributed by atoms with E-state index in [-0.39, 0.29) is 12.1 Å². The van der Waals surface area contributed by atoms with Crippen LogP contribution in [0.15, 0.2) is 41.7 Å². The van der Waals surface area contributed by atoms with E-state index < -0.39 is 18.0 Å². The highest BCUT2D eigenvalue weighted by molar-refractivity contribution is 6.36. The Bertz CT molecular complexity index is 757. The molecule has 2 heterocycles. The third-order valence-electron chi connectivity index (χ3n) is 3.07. The lowest BCUT2D eigenvalue weighted by molar-refractivity contribution is -0.129. The molecule has 21 heavy (non-hydrogen) atoms. The Morgan fingerprint density at radius 2 is 2.14 bits per heavy atom. The van der Waals surface area contributed by atoms with E-state index in [1.807, 2.05) is 24.3 Å². The minimum atomic E-state index is -1.18. The van der Waals surface area contributed by atoms with Gasteiger partial charge in [0.25, 0.3) is 5.91 Å². The minimum Gasteiger partial charge on any atom is -0.477 e. The van der Waals surface area contributed by atoms with Crippen LogP contribution in [0.2, 0.25) is 0 Å². The standard InChI is InChI=1S/C14H11N3O4/c18-13(12-6-11(14(19)20)17-21-12)16-9-5-8-3-1-2-4-10(8)15-7-9/h1-5,7,12H,6H2,(H,16,18)(H,19,20). The number of benzene rings is 1. The van der Waals surface area contributed by atoms with Crippen molar-refractivity contribution >= 4 is 34.2 Å². The summed E-state index contributed by atoms with van der Waals surface area (Å²) in [6.45, 7) is 0. The molecule has 0 saturated carbocycles. The van der Waals surface area contributed by atoms with Crippen molar-refractivity contribution in [1.82, 2.24) is 4.98 Å². The van der Waals surface area contributed by atoms with Crippen molar-refractivity contribution in [2.75, 3.05) is 5.32 Å². The van der Waals surface area contributed by atoms with Gasteiger partial charge >= 0.3 is 5.97 Å². The first-order valence-electron chi connectivity index (χ1n) is 6.25. The zero-order valence-electron chi connectivity index (χ0n) is 10.8. The molecule has 1 amide bonds. The van der Waals surface area contributed by atoms with Crippen molar-refractivity contribution in [2.24, 2.45) is 5.16 Å². The van der Waals surface area contributed by atoms with Gasteiger partial charge in [0.05, 0.1) is 17.4 Å². The van der Waals surface area contributed by atoms with Crippen LogP contribution in [0, 0.1) is 0 Å². The Kier molecular flexibility index (Phi) is 3.23. The summed E-state index contributed by atoms with van der Waals surface area (Å²) in [4.78, 5) is 31.8. The smallest absolute Gasteiger partial charge is 0.353 e. The summed E-state index contributed by atoms with van der Waals surface area (Å²) in [5.41, 5.74) is 1.18. The minimum absolute atomic E-state index is 0.0534. The third kappa shape index (κ3) is 2.66. The van der Waals surface area contributed by atoms with Gasteiger partial charge < -0.3 is 15.3 Å². The lowest BCUT2D eigenvalue weighted by Gasteiger charge is -2.09. The first-order valence-corrected chi connectivity index (χ1v) is 6.25. The molecule has 2 aromatic rings. The number of carbonyl (C=O) groups excluding carboxylic acids is 1. The Morgan fingerprint density at radius 3 is 2.90 bits per heavy atom. The molecule has 0 bridgehead atoms. The fourth-order valence-electron chi connectivity index (χ4n) is 2.01. The number of carboxylic acid groups (broad SMARTS) is 1. The van der Waals surface area contributed by atoms with Crippen molar-refractivity contribution < 1.29 is 19.5 Å². The monoisotopic (exact) mass is 285 g/mol. The number of hydrogen-bond donors (Lipinski definition) is 2. The Labute approximate surface area is 119 Å². The highest BCUT2D eigenvalue weighted by atomic mass is 16.6. The second-order valence-electron chi connectivity index (χ2n) is 4.55. The summed E-state index contributed by atoms with van der Waals surface area (Å²) < 4.78 is 0. The number of pyridine rings is 1. The topological polar surface area (TPSA) is 101 Å². The molecule has 0 aliphatic carbocycles. The maximum atomic E-state index is 12.0. The van der Waals surface area contributed by atoms with Crippen LogP contribution in [0.5, 0.6) is 0 Å². The summed E-state index contributed by atoms with van der Waals surface area (Å²) in [5.74, 6) is -1.63. The number of hydrogen-bond acceptors (Lipinski definition) is 5. The maximum Gasteiger partial charge on any atom is 0.353 e. The van der Waals surface area contributed by atoms with Gasteiger partial charge in [-0.15, -0.1) is 0 Å². The average molecular weight is 285 g/mol. The SMILES string of the molecule is O=C(O)C1=NOC(C(=O)Nc2cnc3ccccc3c2)C1. The largest absolute Gasteiger partial charge is 0.477 e. The Morgan fingerprint density at radius 1 is 1.33 bits per heavy atom. The lowest BCUT2D eigenvalue weighted by Crippen LogP contribution is -2.28. The molecule has 3 rings (SSSR count). The highest BCUT2D eigenvalue weighted by Gasteiger charge is 2.31. The molecule has 0 spiro atoms. The summed E-state index contributed by atoms with van der Waals surface area (Å²) in [5, 5.41) is 15.7. The second-order valence-corrected chi connectivity index (χ2v) is 4.55. The van der Waals surface area contributed by atoms with Crippen molar-refractivity contribution in [2.45, 2.75) is 12.5 Å². The fraction of sp³-hybridized carbons (Fsp3) is 0.143. The van der Waals surface area contributed by atoms with E-state index in [1.54, 1.807) is 6.07 Å². The molecule has 1 atom stereocenters. The Hall–Kier alpha value is -2.96. The predicted molar refractivity (Wildman–Crippen MR) is 74.9 cm³/mol. The molecule has 106 valence electrons. The summed E-state index contributed by atoms with van der Waals surface area (Å²) >= 11 is 0. The molecule has 1 aromatic carbocycles. The number of aromatic nitrogens is 1. The number of nitrogens with zero attached hydrogens (tertiary/aromatic N) is 2. The van der Waals surface area contributed by atoms with E-state index in [0.29, 0.717) is 5.69 Å². The van der Waals surface area contributed by atoms with Crippen molar-refractivity contribution in [3.05, 3.63) is 36.5 Å². The van der Waals surface area contributed by atoms with Crippen LogP contribution in [-0.2, 0) is 14.4 Å². The van der Waals surface area contributed by atoms with Crippen LogP contribution in [0.4, 0.5) is 5.69 Å². The van der Waals surface area contributed by atoms with Crippen LogP contribution in [0.25, 0.3) is 10.9 Å². The summed E-state index contributed by atoms with van der Waals surface area (Å²) in [7, 11) is 0. The van der Waals surface area contributed by atoms with Gasteiger partial charge in [-0.2, -0.15) is 0 Å². The maximum absolute atomic E-state index is 12.0. The summed E-state index contributed by atoms with van der Waals surface area (Å²) in [6, 6.07) is 9.30. The van der Waals surface area contributed by atoms with Gasteiger partial charge in [0, 0.05) is 11.8 Å². The average Bonchev–Trinajstić information content (AvgIpc) is 2.97. The number of carboxylic acids is 1. The molecule has 7 heteroatoms. The molecular formula is C14H11N3O4. The number of rotatable bonds is 3. The van der Waals surface area contributed by atoms with Gasteiger partial charge in [-0.3, -0.25) is 9.78 Å². The van der Waals surface area contributed by atoms with E-state index in [9.17, 15) is 9.59 Å². The van der Waals surface area contributed by atoms with E-state index in [1.165, 1.54) is 6.20 Å². The van der Waals surface area contributed by atoms with Gasteiger partial charge in [-0.1, -0.05) is 23.4 Å². The number of nitrogens with one attached hydrogen (secondary N) is 1. The van der Waals surface area contributed by atoms with Crippen molar-refractivity contribution in [3.8, 4) is 0 Å². The molecule has 1 aliphatic rings. The Balaban J connectivity index is 1.71. The molecule has 2 N–H and O–H groups in total. The number of oxime groups is 1. The van der Waals surface area contributed by atoms with Crippen molar-refractivity contribution in [1.29, 1.82) is 0 Å². The molecule has 0 radical (unpaired) electrons. The van der Waals surface area contributed by atoms with Gasteiger partial charge in [0.1, 0.15) is 0 Å². The van der Waals surface area contributed by atoms with E-state index >= 15 is 0 Å². The number of anilines is 1. The van der Waals surface area contributed by atoms with Crippen LogP contribution >= 0.6 is 0 Å². The van der Waals surface area contributed by atoms with Gasteiger partial charge in [0.15, 0.2) is 5.71 Å². The number of aliphatic carboxylic acids is 1. The van der Waals surface area contributed by atoms with E-state index in [0.717, 1.165) is 10.9 Å². The molecular weight excluding hydrogens is 274 g/mol. The zero-order chi connectivity index (χ0) is 14.8. The van der Waals surface area contributed by atoms with Crippen LogP contribution in [0.3, 0.4) is 0 Å². The molecule has 1 unspecified atom stereocenters. The molecule has 0 saturated heterocycles. The highest BCUT2D eigenvalue weighted by Crippen LogP contribution is 2.18. The number of para-hydroxylation sites is 1. The number of carbonyl (C=O) groups is 2.